The first-order chi connectivity index (χ1) is 7.43. The maximum Gasteiger partial charge on any atom is 0.308 e. The molecule has 0 saturated heterocycles. The zero-order valence-electron chi connectivity index (χ0n) is 10.6. The van der Waals surface area contributed by atoms with Crippen molar-refractivity contribution in [1.82, 2.24) is 0 Å². The quantitative estimate of drug-likeness (QED) is 0.573. The third-order valence-corrected chi connectivity index (χ3v) is 2.49. The first-order valence-corrected chi connectivity index (χ1v) is 5.65. The van der Waals surface area contributed by atoms with E-state index < -0.39 is 0 Å². The van der Waals surface area contributed by atoms with E-state index >= 15 is 0 Å². The first-order valence-electron chi connectivity index (χ1n) is 5.65. The summed E-state index contributed by atoms with van der Waals surface area (Å²) >= 11 is 0. The van der Waals surface area contributed by atoms with Crippen molar-refractivity contribution >= 4 is 5.97 Å². The first kappa shape index (κ1) is 12.8. The van der Waals surface area contributed by atoms with E-state index in [-0.39, 0.29) is 5.97 Å². The molecule has 16 heavy (non-hydrogen) atoms. The van der Waals surface area contributed by atoms with E-state index in [1.54, 1.807) is 0 Å². The molecular weight excluding hydrogens is 200 g/mol. The van der Waals surface area contributed by atoms with Crippen LogP contribution in [0.3, 0.4) is 0 Å². The summed E-state index contributed by atoms with van der Waals surface area (Å²) in [4.78, 5) is 11.1. The van der Waals surface area contributed by atoms with Crippen molar-refractivity contribution in [3.8, 4) is 5.75 Å². The zero-order valence-corrected chi connectivity index (χ0v) is 10.6. The monoisotopic (exact) mass is 219 g/mol. The minimum atomic E-state index is -0.269. The molecule has 0 unspecified atom stereocenters. The van der Waals surface area contributed by atoms with E-state index in [2.05, 4.69) is 33.8 Å². The van der Waals surface area contributed by atoms with Gasteiger partial charge in [0.2, 0.25) is 0 Å². The normalized spacial score (nSPS) is 10.9. The molecule has 0 aliphatic rings. The summed E-state index contributed by atoms with van der Waals surface area (Å²) in [5, 5.41) is 0. The van der Waals surface area contributed by atoms with E-state index in [1.807, 2.05) is 12.1 Å². The minimum Gasteiger partial charge on any atom is -0.426 e. The van der Waals surface area contributed by atoms with E-state index in [1.165, 1.54) is 6.92 Å². The zero-order chi connectivity index (χ0) is 12.3. The summed E-state index contributed by atoms with van der Waals surface area (Å²) in [6.07, 6.45) is 0. The number of carbonyl (C=O) groups is 1. The molecule has 0 aliphatic heterocycles. The van der Waals surface area contributed by atoms with Gasteiger partial charge in [-0.2, -0.15) is 0 Å². The van der Waals surface area contributed by atoms with E-state index in [0.717, 1.165) is 16.9 Å². The highest BCUT2D eigenvalue weighted by molar-refractivity contribution is 5.70. The van der Waals surface area contributed by atoms with Gasteiger partial charge < -0.3 is 4.74 Å². The van der Waals surface area contributed by atoms with Gasteiger partial charge in [0.25, 0.3) is 0 Å². The summed E-state index contributed by atoms with van der Waals surface area (Å²) < 4.78 is 5.34. The van der Waals surface area contributed by atoms with Gasteiger partial charge >= 0.3 is 5.97 Å². The summed E-state index contributed by atoms with van der Waals surface area (Å²) in [7, 11) is 0. The molecule has 2 nitrogen and oxygen atoms in total. The van der Waals surface area contributed by atoms with E-state index in [4.69, 9.17) is 4.74 Å². The predicted octanol–water partition coefficient (Wildman–Crippen LogP) is 3.66. The largest absolute Gasteiger partial charge is 0.426 e. The van der Waals surface area contributed by atoms with Gasteiger partial charge in [-0.15, -0.1) is 0 Å². The number of hydrogen-bond donors (Lipinski definition) is 0. The van der Waals surface area contributed by atoms with Gasteiger partial charge in [-0.25, -0.2) is 0 Å². The molecule has 87 valence electrons. The highest BCUT2D eigenvalue weighted by atomic mass is 16.5. The Morgan fingerprint density at radius 3 is 1.88 bits per heavy atom. The van der Waals surface area contributed by atoms with Gasteiger partial charge in [0.1, 0.15) is 5.75 Å². The predicted molar refractivity (Wildman–Crippen MR) is 64.8 cm³/mol. The van der Waals surface area contributed by atoms with Gasteiger partial charge in [-0.05, 0) is 41.2 Å². The van der Waals surface area contributed by atoms with Crippen LogP contribution in [0.4, 0.5) is 0 Å². The Morgan fingerprint density at radius 2 is 1.56 bits per heavy atom. The fraction of sp³-hybridized carbons (Fsp3) is 0.500. The van der Waals surface area contributed by atoms with Crippen LogP contribution in [0.1, 0.15) is 57.6 Å². The number of esters is 1. The van der Waals surface area contributed by atoms with Crippen LogP contribution in [-0.4, -0.2) is 5.97 Å². The van der Waals surface area contributed by atoms with Crippen molar-refractivity contribution in [2.24, 2.45) is 0 Å². The number of hydrogen-bond acceptors (Lipinski definition) is 2. The Balaban J connectivity index is 3.28. The second-order valence-electron chi connectivity index (χ2n) is 4.60. The SMILES string of the molecule is CC(=O)Oc1c(C(C)C)c[c]cc1C(C)C. The molecule has 1 aromatic rings. The summed E-state index contributed by atoms with van der Waals surface area (Å²) in [6, 6.07) is 6.91. The van der Waals surface area contributed by atoms with Gasteiger partial charge in [0.15, 0.2) is 0 Å². The maximum absolute atomic E-state index is 11.1. The Morgan fingerprint density at radius 1 is 1.12 bits per heavy atom. The van der Waals surface area contributed by atoms with Gasteiger partial charge in [0, 0.05) is 6.92 Å². The number of carbonyl (C=O) groups excluding carboxylic acids is 1. The van der Waals surface area contributed by atoms with Crippen LogP contribution >= 0.6 is 0 Å². The van der Waals surface area contributed by atoms with Crippen molar-refractivity contribution in [2.75, 3.05) is 0 Å². The number of rotatable bonds is 3. The van der Waals surface area contributed by atoms with E-state index in [0.29, 0.717) is 11.8 Å². The number of benzene rings is 1. The van der Waals surface area contributed by atoms with Crippen LogP contribution < -0.4 is 4.74 Å². The van der Waals surface area contributed by atoms with Crippen LogP contribution in [0.5, 0.6) is 5.75 Å². The molecule has 1 aromatic carbocycles. The fourth-order valence-electron chi connectivity index (χ4n) is 1.64. The Hall–Kier alpha value is -1.31. The lowest BCUT2D eigenvalue weighted by Gasteiger charge is -2.17. The molecule has 0 fully saturated rings. The second-order valence-corrected chi connectivity index (χ2v) is 4.60. The van der Waals surface area contributed by atoms with Gasteiger partial charge in [-0.1, -0.05) is 27.7 Å². The summed E-state index contributed by atoms with van der Waals surface area (Å²) in [6.45, 7) is 9.77. The molecule has 2 heteroatoms. The van der Waals surface area contributed by atoms with Crippen LogP contribution in [0.15, 0.2) is 12.1 Å². The Labute approximate surface area is 97.6 Å². The highest BCUT2D eigenvalue weighted by Crippen LogP contribution is 2.34. The number of ether oxygens (including phenoxy) is 1. The summed E-state index contributed by atoms with van der Waals surface area (Å²) in [5.41, 5.74) is 2.09. The van der Waals surface area contributed by atoms with Crippen molar-refractivity contribution < 1.29 is 9.53 Å². The molecule has 0 aliphatic carbocycles. The molecule has 0 spiro atoms. The summed E-state index contributed by atoms with van der Waals surface area (Å²) in [5.74, 6) is 1.10. The molecule has 0 bridgehead atoms. The van der Waals surface area contributed by atoms with Crippen molar-refractivity contribution in [3.63, 3.8) is 0 Å². The van der Waals surface area contributed by atoms with Gasteiger partial charge in [0.05, 0.1) is 0 Å². The molecule has 0 amide bonds. The molecule has 0 N–H and O–H groups in total. The van der Waals surface area contributed by atoms with Crippen molar-refractivity contribution in [2.45, 2.75) is 46.5 Å². The third kappa shape index (κ3) is 2.84. The lowest BCUT2D eigenvalue weighted by molar-refractivity contribution is -0.132. The lowest BCUT2D eigenvalue weighted by atomic mass is 9.94. The molecule has 0 heterocycles. The fourth-order valence-corrected chi connectivity index (χ4v) is 1.64. The Kier molecular flexibility index (Phi) is 4.11. The lowest BCUT2D eigenvalue weighted by Crippen LogP contribution is -2.08. The Bertz CT molecular complexity index is 352. The van der Waals surface area contributed by atoms with Crippen LogP contribution in [0.25, 0.3) is 0 Å². The standard InChI is InChI=1S/C14H19O2/c1-9(2)12-7-6-8-13(10(3)4)14(12)16-11(5)15/h7-10H,1-5H3. The highest BCUT2D eigenvalue weighted by Gasteiger charge is 2.16. The molecule has 0 atom stereocenters. The average molecular weight is 219 g/mol. The average Bonchev–Trinajstić information content (AvgIpc) is 2.16. The molecule has 0 aromatic heterocycles. The van der Waals surface area contributed by atoms with Crippen LogP contribution in [0, 0.1) is 6.07 Å². The molecule has 0 saturated carbocycles. The van der Waals surface area contributed by atoms with E-state index in [9.17, 15) is 4.79 Å². The maximum atomic E-state index is 11.1. The van der Waals surface area contributed by atoms with Crippen molar-refractivity contribution in [3.05, 3.63) is 29.3 Å². The topological polar surface area (TPSA) is 26.3 Å². The van der Waals surface area contributed by atoms with Crippen LogP contribution in [0.2, 0.25) is 0 Å². The molecule has 1 radical (unpaired) electrons. The smallest absolute Gasteiger partial charge is 0.308 e. The third-order valence-electron chi connectivity index (χ3n) is 2.49. The second kappa shape index (κ2) is 5.15. The molecular formula is C14H19O2. The minimum absolute atomic E-state index is 0.269. The van der Waals surface area contributed by atoms with Crippen LogP contribution in [-0.2, 0) is 4.79 Å². The molecule has 1 rings (SSSR count). The van der Waals surface area contributed by atoms with Crippen molar-refractivity contribution in [1.29, 1.82) is 0 Å². The van der Waals surface area contributed by atoms with Gasteiger partial charge in [-0.3, -0.25) is 4.79 Å².